The molecule has 0 aliphatic carbocycles. The Morgan fingerprint density at radius 1 is 1.12 bits per heavy atom. The minimum absolute atomic E-state index is 0.169. The van der Waals surface area contributed by atoms with E-state index in [0.717, 1.165) is 11.3 Å². The highest BCUT2D eigenvalue weighted by Gasteiger charge is 2.14. The number of aromatic nitrogens is 1. The Balaban J connectivity index is 1.74. The molecule has 0 unspecified atom stereocenters. The molecular formula is C18H14ClN3OS. The second-order valence-electron chi connectivity index (χ2n) is 4.97. The summed E-state index contributed by atoms with van der Waals surface area (Å²) in [4.78, 5) is 16.9. The number of rotatable bonds is 5. The molecule has 2 aromatic carbocycles. The number of hydrogen-bond donors (Lipinski definition) is 2. The van der Waals surface area contributed by atoms with Gasteiger partial charge in [-0.1, -0.05) is 59.3 Å². The molecule has 0 saturated heterocycles. The second-order valence-corrected chi connectivity index (χ2v) is 6.41. The van der Waals surface area contributed by atoms with Crippen molar-refractivity contribution in [2.45, 2.75) is 0 Å². The molecule has 4 nitrogen and oxygen atoms in total. The minimum Gasteiger partial charge on any atom is -0.382 e. The molecule has 0 amide bonds. The van der Waals surface area contributed by atoms with Crippen LogP contribution in [-0.4, -0.2) is 10.8 Å². The van der Waals surface area contributed by atoms with E-state index in [9.17, 15) is 4.79 Å². The molecule has 0 atom stereocenters. The van der Waals surface area contributed by atoms with Crippen molar-refractivity contribution in [3.05, 3.63) is 76.1 Å². The summed E-state index contributed by atoms with van der Waals surface area (Å²) in [7, 11) is 0. The van der Waals surface area contributed by atoms with Crippen molar-refractivity contribution >= 4 is 51.4 Å². The highest BCUT2D eigenvalue weighted by molar-refractivity contribution is 7.18. The van der Waals surface area contributed by atoms with E-state index in [1.165, 1.54) is 17.4 Å². The molecule has 1 heterocycles. The average Bonchev–Trinajstić information content (AvgIpc) is 2.96. The molecule has 6 heteroatoms. The quantitative estimate of drug-likeness (QED) is 0.498. The number of thiazole rings is 1. The van der Waals surface area contributed by atoms with Gasteiger partial charge in [-0.25, -0.2) is 4.98 Å². The monoisotopic (exact) mass is 355 g/mol. The zero-order chi connectivity index (χ0) is 16.9. The van der Waals surface area contributed by atoms with E-state index < -0.39 is 0 Å². The molecule has 0 aliphatic heterocycles. The fourth-order valence-corrected chi connectivity index (χ4v) is 2.98. The molecule has 0 saturated carbocycles. The van der Waals surface area contributed by atoms with E-state index in [2.05, 4.69) is 10.3 Å². The topological polar surface area (TPSA) is 68.0 Å². The van der Waals surface area contributed by atoms with Crippen LogP contribution in [0.15, 0.2) is 60.7 Å². The summed E-state index contributed by atoms with van der Waals surface area (Å²) in [6.45, 7) is 0. The first-order valence-electron chi connectivity index (χ1n) is 7.18. The van der Waals surface area contributed by atoms with Crippen molar-refractivity contribution in [1.82, 2.24) is 4.98 Å². The SMILES string of the molecule is Nc1nc(Nc2ccc(Cl)cc2)sc1C(=O)/C=C/c1ccccc1. The van der Waals surface area contributed by atoms with Gasteiger partial charge in [-0.3, -0.25) is 4.79 Å². The third kappa shape index (κ3) is 4.01. The number of anilines is 3. The van der Waals surface area contributed by atoms with Crippen molar-refractivity contribution in [3.8, 4) is 0 Å². The van der Waals surface area contributed by atoms with Gasteiger partial charge >= 0.3 is 0 Å². The summed E-state index contributed by atoms with van der Waals surface area (Å²) < 4.78 is 0. The lowest BCUT2D eigenvalue weighted by Gasteiger charge is -2.01. The lowest BCUT2D eigenvalue weighted by molar-refractivity contribution is 0.105. The number of halogens is 1. The second kappa shape index (κ2) is 7.29. The Morgan fingerprint density at radius 2 is 1.83 bits per heavy atom. The number of hydrogen-bond acceptors (Lipinski definition) is 5. The number of nitrogens with one attached hydrogen (secondary N) is 1. The van der Waals surface area contributed by atoms with Gasteiger partial charge in [-0.05, 0) is 35.9 Å². The minimum atomic E-state index is -0.169. The number of benzene rings is 2. The Kier molecular flexibility index (Phi) is 4.93. The van der Waals surface area contributed by atoms with E-state index in [-0.39, 0.29) is 11.6 Å². The number of carbonyl (C=O) groups excluding carboxylic acids is 1. The molecule has 0 radical (unpaired) electrons. The standard InChI is InChI=1S/C18H14ClN3OS/c19-13-7-9-14(10-8-13)21-18-22-17(20)16(24-18)15(23)11-6-12-4-2-1-3-5-12/h1-11H,20H2,(H,21,22)/b11-6+. The van der Waals surface area contributed by atoms with Crippen LogP contribution in [0, 0.1) is 0 Å². The van der Waals surface area contributed by atoms with Crippen molar-refractivity contribution < 1.29 is 4.79 Å². The first kappa shape index (κ1) is 16.2. The Labute approximate surface area is 148 Å². The van der Waals surface area contributed by atoms with Gasteiger partial charge in [0.2, 0.25) is 0 Å². The van der Waals surface area contributed by atoms with Gasteiger partial charge in [-0.2, -0.15) is 0 Å². The fourth-order valence-electron chi connectivity index (χ4n) is 2.03. The van der Waals surface area contributed by atoms with Gasteiger partial charge in [0.25, 0.3) is 0 Å². The summed E-state index contributed by atoms with van der Waals surface area (Å²) >= 11 is 7.08. The molecule has 0 bridgehead atoms. The molecule has 3 rings (SSSR count). The third-order valence-corrected chi connectivity index (χ3v) is 4.45. The maximum atomic E-state index is 12.3. The number of ketones is 1. The third-order valence-electron chi connectivity index (χ3n) is 3.20. The number of nitrogens with two attached hydrogens (primary N) is 1. The Morgan fingerprint density at radius 3 is 2.54 bits per heavy atom. The van der Waals surface area contributed by atoms with Crippen molar-refractivity contribution in [2.24, 2.45) is 0 Å². The Bertz CT molecular complexity index is 873. The maximum Gasteiger partial charge on any atom is 0.199 e. The highest BCUT2D eigenvalue weighted by atomic mass is 35.5. The predicted molar refractivity (Wildman–Crippen MR) is 101 cm³/mol. The number of nitrogen functional groups attached to an aromatic ring is 1. The normalized spacial score (nSPS) is 10.9. The highest BCUT2D eigenvalue weighted by Crippen LogP contribution is 2.28. The summed E-state index contributed by atoms with van der Waals surface area (Å²) in [5.41, 5.74) is 7.65. The summed E-state index contributed by atoms with van der Waals surface area (Å²) in [6, 6.07) is 16.8. The van der Waals surface area contributed by atoms with Crippen LogP contribution in [0.5, 0.6) is 0 Å². The van der Waals surface area contributed by atoms with E-state index >= 15 is 0 Å². The largest absolute Gasteiger partial charge is 0.382 e. The van der Waals surface area contributed by atoms with Crippen LogP contribution in [0.4, 0.5) is 16.6 Å². The first-order chi connectivity index (χ1) is 11.6. The number of nitrogens with zero attached hydrogens (tertiary/aromatic N) is 1. The first-order valence-corrected chi connectivity index (χ1v) is 8.37. The lowest BCUT2D eigenvalue weighted by atomic mass is 10.2. The van der Waals surface area contributed by atoms with Gasteiger partial charge in [0, 0.05) is 10.7 Å². The van der Waals surface area contributed by atoms with Gasteiger partial charge in [-0.15, -0.1) is 0 Å². The van der Waals surface area contributed by atoms with Crippen LogP contribution in [0.25, 0.3) is 6.08 Å². The molecule has 0 spiro atoms. The molecule has 0 fully saturated rings. The van der Waals surface area contributed by atoms with Crippen molar-refractivity contribution in [2.75, 3.05) is 11.1 Å². The maximum absolute atomic E-state index is 12.3. The molecular weight excluding hydrogens is 342 g/mol. The molecule has 3 aromatic rings. The number of carbonyl (C=O) groups is 1. The predicted octanol–water partition coefficient (Wildman–Crippen LogP) is 5.02. The number of allylic oxidation sites excluding steroid dienone is 1. The fraction of sp³-hybridized carbons (Fsp3) is 0. The van der Waals surface area contributed by atoms with E-state index in [0.29, 0.717) is 15.0 Å². The zero-order valence-corrected chi connectivity index (χ0v) is 14.1. The molecule has 120 valence electrons. The van der Waals surface area contributed by atoms with Crippen LogP contribution >= 0.6 is 22.9 Å². The molecule has 24 heavy (non-hydrogen) atoms. The van der Waals surface area contributed by atoms with Crippen molar-refractivity contribution in [1.29, 1.82) is 0 Å². The lowest BCUT2D eigenvalue weighted by Crippen LogP contribution is -1.97. The summed E-state index contributed by atoms with van der Waals surface area (Å²) in [5.74, 6) is 0.0529. The summed E-state index contributed by atoms with van der Waals surface area (Å²) in [5, 5.41) is 4.33. The van der Waals surface area contributed by atoms with Crippen molar-refractivity contribution in [3.63, 3.8) is 0 Å². The summed E-state index contributed by atoms with van der Waals surface area (Å²) in [6.07, 6.45) is 3.26. The smallest absolute Gasteiger partial charge is 0.199 e. The average molecular weight is 356 g/mol. The van der Waals surface area contributed by atoms with Crippen LogP contribution < -0.4 is 11.1 Å². The van der Waals surface area contributed by atoms with E-state index in [1.54, 1.807) is 18.2 Å². The van der Waals surface area contributed by atoms with Gasteiger partial charge in [0.15, 0.2) is 10.9 Å². The molecule has 0 aliphatic rings. The van der Waals surface area contributed by atoms with Gasteiger partial charge in [0.05, 0.1) is 0 Å². The van der Waals surface area contributed by atoms with E-state index in [1.807, 2.05) is 42.5 Å². The van der Waals surface area contributed by atoms with Crippen LogP contribution in [0.1, 0.15) is 15.2 Å². The molecule has 3 N–H and O–H groups in total. The molecule has 1 aromatic heterocycles. The van der Waals surface area contributed by atoms with Gasteiger partial charge < -0.3 is 11.1 Å². The zero-order valence-electron chi connectivity index (χ0n) is 12.6. The van der Waals surface area contributed by atoms with Crippen LogP contribution in [-0.2, 0) is 0 Å². The van der Waals surface area contributed by atoms with Crippen LogP contribution in [0.3, 0.4) is 0 Å². The van der Waals surface area contributed by atoms with Gasteiger partial charge in [0.1, 0.15) is 10.7 Å². The van der Waals surface area contributed by atoms with E-state index in [4.69, 9.17) is 17.3 Å². The Hall–Kier alpha value is -2.63. The van der Waals surface area contributed by atoms with Crippen LogP contribution in [0.2, 0.25) is 5.02 Å².